The standard InChI is InChI=1S/C14H28N2/c1-4-15-13-7-5-6-8-14(13)16-9-11(2)12(3)10-16/h11-15H,4-10H2,1-3H3. The fourth-order valence-corrected chi connectivity index (χ4v) is 3.49. The third kappa shape index (κ3) is 2.60. The van der Waals surface area contributed by atoms with Gasteiger partial charge in [-0.3, -0.25) is 4.90 Å². The predicted molar refractivity (Wildman–Crippen MR) is 69.6 cm³/mol. The molecule has 1 aliphatic carbocycles. The summed E-state index contributed by atoms with van der Waals surface area (Å²) in [5.41, 5.74) is 0. The Bertz CT molecular complexity index is 205. The number of likely N-dealkylation sites (N-methyl/N-ethyl adjacent to an activating group) is 1. The molecule has 0 radical (unpaired) electrons. The van der Waals surface area contributed by atoms with E-state index in [4.69, 9.17) is 0 Å². The molecule has 0 amide bonds. The van der Waals surface area contributed by atoms with Crippen molar-refractivity contribution in [1.82, 2.24) is 10.2 Å². The molecule has 0 spiro atoms. The quantitative estimate of drug-likeness (QED) is 0.792. The zero-order valence-corrected chi connectivity index (χ0v) is 11.2. The van der Waals surface area contributed by atoms with Crippen LogP contribution in [-0.2, 0) is 0 Å². The van der Waals surface area contributed by atoms with Crippen molar-refractivity contribution < 1.29 is 0 Å². The van der Waals surface area contributed by atoms with E-state index in [1.165, 1.54) is 38.8 Å². The SMILES string of the molecule is CCNC1CCCCC1N1CC(C)C(C)C1. The molecule has 2 fully saturated rings. The van der Waals surface area contributed by atoms with Crippen molar-refractivity contribution in [3.63, 3.8) is 0 Å². The number of hydrogen-bond acceptors (Lipinski definition) is 2. The molecule has 16 heavy (non-hydrogen) atoms. The molecule has 2 nitrogen and oxygen atoms in total. The Morgan fingerprint density at radius 1 is 1.06 bits per heavy atom. The summed E-state index contributed by atoms with van der Waals surface area (Å²) >= 11 is 0. The van der Waals surface area contributed by atoms with E-state index < -0.39 is 0 Å². The van der Waals surface area contributed by atoms with E-state index in [-0.39, 0.29) is 0 Å². The number of nitrogens with one attached hydrogen (secondary N) is 1. The van der Waals surface area contributed by atoms with Gasteiger partial charge in [0.2, 0.25) is 0 Å². The molecule has 1 heterocycles. The van der Waals surface area contributed by atoms with Gasteiger partial charge in [0.25, 0.3) is 0 Å². The van der Waals surface area contributed by atoms with Crippen molar-refractivity contribution in [2.24, 2.45) is 11.8 Å². The van der Waals surface area contributed by atoms with E-state index in [0.29, 0.717) is 0 Å². The Kier molecular flexibility index (Phi) is 4.26. The Balaban J connectivity index is 1.95. The highest BCUT2D eigenvalue weighted by Crippen LogP contribution is 2.30. The zero-order chi connectivity index (χ0) is 11.5. The van der Waals surface area contributed by atoms with Crippen molar-refractivity contribution in [3.05, 3.63) is 0 Å². The van der Waals surface area contributed by atoms with Crippen molar-refractivity contribution in [2.75, 3.05) is 19.6 Å². The molecule has 1 aliphatic heterocycles. The van der Waals surface area contributed by atoms with Crippen molar-refractivity contribution in [3.8, 4) is 0 Å². The summed E-state index contributed by atoms with van der Waals surface area (Å²) in [6.45, 7) is 10.8. The van der Waals surface area contributed by atoms with E-state index >= 15 is 0 Å². The number of rotatable bonds is 3. The molecule has 0 aromatic heterocycles. The van der Waals surface area contributed by atoms with Gasteiger partial charge in [0.05, 0.1) is 0 Å². The van der Waals surface area contributed by atoms with Gasteiger partial charge in [0.15, 0.2) is 0 Å². The highest BCUT2D eigenvalue weighted by molar-refractivity contribution is 4.92. The van der Waals surface area contributed by atoms with E-state index in [0.717, 1.165) is 30.5 Å². The molecular formula is C14H28N2. The zero-order valence-electron chi connectivity index (χ0n) is 11.2. The number of hydrogen-bond donors (Lipinski definition) is 1. The summed E-state index contributed by atoms with van der Waals surface area (Å²) in [7, 11) is 0. The van der Waals surface area contributed by atoms with Gasteiger partial charge in [-0.2, -0.15) is 0 Å². The smallest absolute Gasteiger partial charge is 0.0249 e. The lowest BCUT2D eigenvalue weighted by Gasteiger charge is -2.38. The van der Waals surface area contributed by atoms with Gasteiger partial charge in [0.1, 0.15) is 0 Å². The lowest BCUT2D eigenvalue weighted by molar-refractivity contribution is 0.143. The van der Waals surface area contributed by atoms with Crippen LogP contribution in [0, 0.1) is 11.8 Å². The van der Waals surface area contributed by atoms with Crippen LogP contribution >= 0.6 is 0 Å². The summed E-state index contributed by atoms with van der Waals surface area (Å²) in [5, 5.41) is 3.70. The third-order valence-electron chi connectivity index (χ3n) is 4.68. The first-order chi connectivity index (χ1) is 7.72. The molecule has 2 aliphatic rings. The van der Waals surface area contributed by atoms with Crippen LogP contribution in [0.2, 0.25) is 0 Å². The van der Waals surface area contributed by atoms with Crippen molar-refractivity contribution in [2.45, 2.75) is 58.5 Å². The van der Waals surface area contributed by atoms with Crippen molar-refractivity contribution >= 4 is 0 Å². The minimum Gasteiger partial charge on any atom is -0.313 e. The average Bonchev–Trinajstić information content (AvgIpc) is 2.60. The van der Waals surface area contributed by atoms with E-state index in [2.05, 4.69) is 31.0 Å². The molecule has 4 unspecified atom stereocenters. The topological polar surface area (TPSA) is 15.3 Å². The first kappa shape index (κ1) is 12.4. The van der Waals surface area contributed by atoms with Crippen LogP contribution in [0.25, 0.3) is 0 Å². The summed E-state index contributed by atoms with van der Waals surface area (Å²) in [6, 6.07) is 1.58. The minimum atomic E-state index is 0.760. The van der Waals surface area contributed by atoms with Gasteiger partial charge in [-0.25, -0.2) is 0 Å². The van der Waals surface area contributed by atoms with E-state index in [9.17, 15) is 0 Å². The summed E-state index contributed by atoms with van der Waals surface area (Å²) in [6.07, 6.45) is 5.66. The molecule has 0 aromatic carbocycles. The minimum absolute atomic E-state index is 0.760. The van der Waals surface area contributed by atoms with Gasteiger partial charge in [0, 0.05) is 25.2 Å². The second kappa shape index (κ2) is 5.50. The Morgan fingerprint density at radius 2 is 1.69 bits per heavy atom. The Morgan fingerprint density at radius 3 is 2.31 bits per heavy atom. The van der Waals surface area contributed by atoms with Crippen LogP contribution < -0.4 is 5.32 Å². The lowest BCUT2D eigenvalue weighted by atomic mass is 9.89. The normalized spacial score (nSPS) is 41.4. The van der Waals surface area contributed by atoms with E-state index in [1.54, 1.807) is 0 Å². The Hall–Kier alpha value is -0.0800. The van der Waals surface area contributed by atoms with Crippen LogP contribution in [0.15, 0.2) is 0 Å². The molecule has 2 heteroatoms. The van der Waals surface area contributed by atoms with Gasteiger partial charge < -0.3 is 5.32 Å². The third-order valence-corrected chi connectivity index (χ3v) is 4.68. The second-order valence-corrected chi connectivity index (χ2v) is 5.92. The Labute approximate surface area is 101 Å². The predicted octanol–water partition coefficient (Wildman–Crippen LogP) is 2.49. The molecule has 0 bridgehead atoms. The number of nitrogens with zero attached hydrogens (tertiary/aromatic N) is 1. The summed E-state index contributed by atoms with van der Waals surface area (Å²) < 4.78 is 0. The molecule has 2 rings (SSSR count). The van der Waals surface area contributed by atoms with Gasteiger partial charge >= 0.3 is 0 Å². The van der Waals surface area contributed by atoms with Crippen molar-refractivity contribution in [1.29, 1.82) is 0 Å². The molecule has 1 N–H and O–H groups in total. The van der Waals surface area contributed by atoms with Gasteiger partial charge in [-0.1, -0.05) is 33.6 Å². The molecular weight excluding hydrogens is 196 g/mol. The first-order valence-electron chi connectivity index (χ1n) is 7.19. The van der Waals surface area contributed by atoms with Gasteiger partial charge in [-0.15, -0.1) is 0 Å². The average molecular weight is 224 g/mol. The fraction of sp³-hybridized carbons (Fsp3) is 1.00. The molecule has 4 atom stereocenters. The maximum Gasteiger partial charge on any atom is 0.0249 e. The van der Waals surface area contributed by atoms with Crippen LogP contribution in [0.4, 0.5) is 0 Å². The summed E-state index contributed by atoms with van der Waals surface area (Å²) in [4.78, 5) is 2.77. The molecule has 1 saturated carbocycles. The lowest BCUT2D eigenvalue weighted by Crippen LogP contribution is -2.51. The maximum absolute atomic E-state index is 3.70. The monoisotopic (exact) mass is 224 g/mol. The van der Waals surface area contributed by atoms with Crippen LogP contribution in [-0.4, -0.2) is 36.6 Å². The fourth-order valence-electron chi connectivity index (χ4n) is 3.49. The molecule has 1 saturated heterocycles. The largest absolute Gasteiger partial charge is 0.313 e. The van der Waals surface area contributed by atoms with Crippen LogP contribution in [0.1, 0.15) is 46.5 Å². The second-order valence-electron chi connectivity index (χ2n) is 5.92. The number of likely N-dealkylation sites (tertiary alicyclic amines) is 1. The van der Waals surface area contributed by atoms with Crippen LogP contribution in [0.5, 0.6) is 0 Å². The van der Waals surface area contributed by atoms with Gasteiger partial charge in [-0.05, 0) is 31.2 Å². The highest BCUT2D eigenvalue weighted by Gasteiger charge is 2.35. The van der Waals surface area contributed by atoms with E-state index in [1.807, 2.05) is 0 Å². The summed E-state index contributed by atoms with van der Waals surface area (Å²) in [5.74, 6) is 1.79. The first-order valence-corrected chi connectivity index (χ1v) is 7.19. The highest BCUT2D eigenvalue weighted by atomic mass is 15.2. The molecule has 94 valence electrons. The maximum atomic E-state index is 3.70. The molecule has 0 aromatic rings. The van der Waals surface area contributed by atoms with Crippen LogP contribution in [0.3, 0.4) is 0 Å².